The summed E-state index contributed by atoms with van der Waals surface area (Å²) >= 11 is 1.69. The number of esters is 1. The van der Waals surface area contributed by atoms with Crippen molar-refractivity contribution >= 4 is 17.7 Å². The SMILES string of the molecule is CCCCCCCCCCCC[C@@H](OCOC)[C@H]1CC[C@H]([C@@H](CCCCCCCCCCCCC2(SC)C[C@H](C)OC2=O)OCOC)O1. The van der Waals surface area contributed by atoms with Gasteiger partial charge in [-0.3, -0.25) is 4.79 Å². The van der Waals surface area contributed by atoms with E-state index in [0.717, 1.165) is 44.9 Å². The molecule has 0 aromatic heterocycles. The quantitative estimate of drug-likeness (QED) is 0.0381. The van der Waals surface area contributed by atoms with E-state index in [1.807, 2.05) is 6.92 Å². The summed E-state index contributed by atoms with van der Waals surface area (Å²) in [6, 6.07) is 0. The van der Waals surface area contributed by atoms with Crippen molar-refractivity contribution in [2.75, 3.05) is 34.1 Å². The number of thioether (sulfide) groups is 1. The molecule has 2 saturated heterocycles. The van der Waals surface area contributed by atoms with E-state index in [0.29, 0.717) is 13.6 Å². The second kappa shape index (κ2) is 28.2. The van der Waals surface area contributed by atoms with Crippen LogP contribution in [-0.2, 0) is 33.2 Å². The number of methoxy groups -OCH3 is 2. The minimum atomic E-state index is -0.286. The van der Waals surface area contributed by atoms with E-state index in [4.69, 9.17) is 28.4 Å². The molecule has 0 spiro atoms. The van der Waals surface area contributed by atoms with Crippen LogP contribution in [0.15, 0.2) is 0 Å². The molecule has 2 fully saturated rings. The summed E-state index contributed by atoms with van der Waals surface area (Å²) in [5.74, 6) is 0.00930. The molecule has 0 bridgehead atoms. The van der Waals surface area contributed by atoms with E-state index in [1.54, 1.807) is 26.0 Å². The predicted molar refractivity (Wildman–Crippen MR) is 200 cm³/mol. The van der Waals surface area contributed by atoms with Gasteiger partial charge < -0.3 is 28.4 Å². The molecule has 8 heteroatoms. The highest BCUT2D eigenvalue weighted by atomic mass is 32.2. The first-order valence-electron chi connectivity index (χ1n) is 20.1. The minimum Gasteiger partial charge on any atom is -0.462 e. The Balaban J connectivity index is 1.57. The average molecular weight is 701 g/mol. The Morgan fingerprint density at radius 3 is 1.48 bits per heavy atom. The average Bonchev–Trinajstić information content (AvgIpc) is 3.69. The fraction of sp³-hybridized carbons (Fsp3) is 0.975. The van der Waals surface area contributed by atoms with Gasteiger partial charge in [0.15, 0.2) is 0 Å². The lowest BCUT2D eigenvalue weighted by Crippen LogP contribution is -2.34. The molecular formula is C40H76O7S. The molecule has 0 N–H and O–H groups in total. The van der Waals surface area contributed by atoms with Crippen molar-refractivity contribution in [1.82, 2.24) is 0 Å². The van der Waals surface area contributed by atoms with Crippen LogP contribution >= 0.6 is 11.8 Å². The van der Waals surface area contributed by atoms with E-state index in [2.05, 4.69) is 13.2 Å². The molecule has 2 aliphatic rings. The third-order valence-corrected chi connectivity index (χ3v) is 11.9. The number of ether oxygens (including phenoxy) is 6. The Morgan fingerprint density at radius 2 is 1.10 bits per heavy atom. The van der Waals surface area contributed by atoms with E-state index in [9.17, 15) is 4.79 Å². The van der Waals surface area contributed by atoms with Crippen LogP contribution < -0.4 is 0 Å². The fourth-order valence-electron chi connectivity index (χ4n) is 7.66. The molecule has 0 amide bonds. The van der Waals surface area contributed by atoms with Crippen molar-refractivity contribution in [2.24, 2.45) is 0 Å². The molecule has 0 aliphatic carbocycles. The molecular weight excluding hydrogens is 625 g/mol. The predicted octanol–water partition coefficient (Wildman–Crippen LogP) is 10.9. The second-order valence-corrected chi connectivity index (χ2v) is 15.9. The standard InChI is InChI=1S/C40H76O7S/c1-6-7-8-9-10-11-14-17-20-23-26-35(44-32-42-3)37-28-29-38(47-37)36(45-33-43-4)27-24-21-18-15-12-13-16-19-22-25-30-40(48-5)31-34(2)46-39(40)41/h34-38H,6-33H2,1-5H3/t34-,35+,36+,37+,38+,40?/m0/s1. The zero-order chi connectivity index (χ0) is 34.7. The highest BCUT2D eigenvalue weighted by Gasteiger charge is 2.46. The van der Waals surface area contributed by atoms with Crippen LogP contribution in [0.25, 0.3) is 0 Å². The van der Waals surface area contributed by atoms with E-state index >= 15 is 0 Å². The van der Waals surface area contributed by atoms with Crippen LogP contribution in [0.4, 0.5) is 0 Å². The van der Waals surface area contributed by atoms with Crippen LogP contribution in [0.2, 0.25) is 0 Å². The van der Waals surface area contributed by atoms with Gasteiger partial charge in [-0.1, -0.05) is 135 Å². The topological polar surface area (TPSA) is 72.5 Å². The van der Waals surface area contributed by atoms with E-state index < -0.39 is 0 Å². The fourth-order valence-corrected chi connectivity index (χ4v) is 8.62. The maximum atomic E-state index is 12.3. The number of rotatable bonds is 33. The summed E-state index contributed by atoms with van der Waals surface area (Å²) in [4.78, 5) is 12.3. The Bertz CT molecular complexity index is 770. The monoisotopic (exact) mass is 701 g/mol. The highest BCUT2D eigenvalue weighted by molar-refractivity contribution is 8.00. The Kier molecular flexibility index (Phi) is 25.8. The van der Waals surface area contributed by atoms with Crippen molar-refractivity contribution in [3.63, 3.8) is 0 Å². The first-order valence-corrected chi connectivity index (χ1v) is 21.3. The molecule has 48 heavy (non-hydrogen) atoms. The van der Waals surface area contributed by atoms with Gasteiger partial charge in [0.05, 0.1) is 24.4 Å². The van der Waals surface area contributed by atoms with Gasteiger partial charge in [-0.05, 0) is 45.3 Å². The number of cyclic esters (lactones) is 1. The van der Waals surface area contributed by atoms with E-state index in [-0.39, 0.29) is 41.2 Å². The van der Waals surface area contributed by atoms with Crippen molar-refractivity contribution in [2.45, 2.75) is 216 Å². The normalized spacial score (nSPS) is 23.9. The van der Waals surface area contributed by atoms with Crippen molar-refractivity contribution in [1.29, 1.82) is 0 Å². The van der Waals surface area contributed by atoms with Crippen LogP contribution in [-0.4, -0.2) is 75.3 Å². The van der Waals surface area contributed by atoms with Crippen molar-refractivity contribution in [3.8, 4) is 0 Å². The molecule has 1 unspecified atom stereocenters. The summed E-state index contributed by atoms with van der Waals surface area (Å²) in [5, 5.41) is 0. The maximum Gasteiger partial charge on any atom is 0.322 e. The van der Waals surface area contributed by atoms with Gasteiger partial charge in [0.1, 0.15) is 24.4 Å². The minimum absolute atomic E-state index is 0.00930. The molecule has 0 aromatic rings. The van der Waals surface area contributed by atoms with Crippen molar-refractivity contribution in [3.05, 3.63) is 0 Å². The summed E-state index contributed by atoms with van der Waals surface area (Å²) in [6.45, 7) is 4.94. The third kappa shape index (κ3) is 18.2. The maximum absolute atomic E-state index is 12.3. The molecule has 2 heterocycles. The number of unbranched alkanes of at least 4 members (excludes halogenated alkanes) is 18. The van der Waals surface area contributed by atoms with Gasteiger partial charge in [-0.2, -0.15) is 0 Å². The molecule has 284 valence electrons. The molecule has 0 aromatic carbocycles. The van der Waals surface area contributed by atoms with Gasteiger partial charge in [-0.15, -0.1) is 11.8 Å². The Morgan fingerprint density at radius 1 is 0.688 bits per heavy atom. The molecule has 0 saturated carbocycles. The van der Waals surface area contributed by atoms with Gasteiger partial charge in [0, 0.05) is 20.6 Å². The lowest BCUT2D eigenvalue weighted by atomic mass is 9.96. The zero-order valence-corrected chi connectivity index (χ0v) is 32.8. The smallest absolute Gasteiger partial charge is 0.322 e. The molecule has 6 atom stereocenters. The van der Waals surface area contributed by atoms with Crippen LogP contribution in [0, 0.1) is 0 Å². The number of carbonyl (C=O) groups is 1. The van der Waals surface area contributed by atoms with Gasteiger partial charge in [0.2, 0.25) is 0 Å². The van der Waals surface area contributed by atoms with Crippen LogP contribution in [0.1, 0.15) is 181 Å². The zero-order valence-electron chi connectivity index (χ0n) is 32.0. The summed E-state index contributed by atoms with van der Waals surface area (Å²) in [5.41, 5.74) is 0. The largest absolute Gasteiger partial charge is 0.462 e. The van der Waals surface area contributed by atoms with Gasteiger partial charge >= 0.3 is 5.97 Å². The number of hydrogen-bond acceptors (Lipinski definition) is 8. The molecule has 0 radical (unpaired) electrons. The van der Waals surface area contributed by atoms with E-state index in [1.165, 1.54) is 122 Å². The molecule has 2 rings (SSSR count). The summed E-state index contributed by atoms with van der Waals surface area (Å²) in [6.07, 6.45) is 34.4. The number of carbonyl (C=O) groups excluding carboxylic acids is 1. The molecule has 2 aliphatic heterocycles. The number of hydrogen-bond donors (Lipinski definition) is 0. The van der Waals surface area contributed by atoms with Gasteiger partial charge in [0.25, 0.3) is 0 Å². The lowest BCUT2D eigenvalue weighted by molar-refractivity contribution is -0.159. The highest BCUT2D eigenvalue weighted by Crippen LogP contribution is 2.41. The summed E-state index contributed by atoms with van der Waals surface area (Å²) in [7, 11) is 3.40. The van der Waals surface area contributed by atoms with Crippen molar-refractivity contribution < 1.29 is 33.2 Å². The third-order valence-electron chi connectivity index (χ3n) is 10.6. The Labute approximate surface area is 300 Å². The summed E-state index contributed by atoms with van der Waals surface area (Å²) < 4.78 is 34.7. The van der Waals surface area contributed by atoms with Crippen LogP contribution in [0.3, 0.4) is 0 Å². The molecule has 7 nitrogen and oxygen atoms in total. The lowest BCUT2D eigenvalue weighted by Gasteiger charge is -2.27. The Hall–Kier alpha value is -0.380. The van der Waals surface area contributed by atoms with Crippen LogP contribution in [0.5, 0.6) is 0 Å². The first kappa shape index (κ1) is 43.8. The van der Waals surface area contributed by atoms with Gasteiger partial charge in [-0.25, -0.2) is 0 Å². The first-order chi connectivity index (χ1) is 23.5. The second-order valence-electron chi connectivity index (χ2n) is 14.7.